The third kappa shape index (κ3) is 60.1. The van der Waals surface area contributed by atoms with Gasteiger partial charge in [-0.05, 0) is 109 Å². The van der Waals surface area contributed by atoms with Crippen LogP contribution in [0.15, 0.2) is 134 Å². The Morgan fingerprint density at radius 2 is 0.805 bits per heavy atom. The van der Waals surface area contributed by atoms with Crippen molar-refractivity contribution >= 4 is 13.7 Å². The molecule has 0 aliphatic carbocycles. The summed E-state index contributed by atoms with van der Waals surface area (Å²) in [6.45, 7) is 4.47. The fourth-order valence-corrected chi connectivity index (χ4v) is 8.98. The Morgan fingerprint density at radius 3 is 1.21 bits per heavy atom. The standard InChI is InChI=1S/C68H117N2O6P/c1-6-8-10-12-14-16-18-20-22-23-24-25-26-27-28-29-30-31-32-33-34-35-36-37-38-39-40-41-42-43-44-45-46-47-48-50-52-54-56-58-60-62-68(72)69-66(65-76-77(73,74)75-64-63-70(3,4)5)67(71)61-59-57-55-53-51-49-21-19-17-15-13-11-9-7-2/h8,10,14,16-17,19-20,22,24-25,27-28,30-31,33-34,36-37,51,53,59,61,66-67,71H,6-7,9,11-13,15,18,21,23,26,29,32,35,38-50,52,54-58,60,62-65H2,1-5H3,(H-,69,72,73,74)/b10-8-,16-14-,19-17+,22-20-,25-24-,28-27-,31-30-,34-33-,37-36-,53-51+,61-59+. The van der Waals surface area contributed by atoms with Crippen molar-refractivity contribution in [3.63, 3.8) is 0 Å². The van der Waals surface area contributed by atoms with Gasteiger partial charge in [-0.15, -0.1) is 0 Å². The molecule has 77 heavy (non-hydrogen) atoms. The van der Waals surface area contributed by atoms with Gasteiger partial charge in [-0.2, -0.15) is 0 Å². The molecule has 0 aliphatic rings. The fourth-order valence-electron chi connectivity index (χ4n) is 8.26. The molecule has 0 saturated carbocycles. The smallest absolute Gasteiger partial charge is 0.268 e. The highest BCUT2D eigenvalue weighted by Crippen LogP contribution is 2.38. The number of aliphatic hydroxyl groups is 1. The zero-order valence-corrected chi connectivity index (χ0v) is 51.0. The zero-order valence-electron chi connectivity index (χ0n) is 50.1. The van der Waals surface area contributed by atoms with Crippen molar-refractivity contribution in [2.24, 2.45) is 0 Å². The number of carbonyl (C=O) groups is 1. The summed E-state index contributed by atoms with van der Waals surface area (Å²) in [5, 5.41) is 13.8. The Morgan fingerprint density at radius 1 is 0.468 bits per heavy atom. The second-order valence-electron chi connectivity index (χ2n) is 21.7. The maximum absolute atomic E-state index is 13.0. The number of quaternary nitrogens is 1. The van der Waals surface area contributed by atoms with Gasteiger partial charge in [0.05, 0.1) is 39.9 Å². The first kappa shape index (κ1) is 73.6. The van der Waals surface area contributed by atoms with Crippen molar-refractivity contribution in [1.82, 2.24) is 5.32 Å². The maximum atomic E-state index is 13.0. The first-order valence-electron chi connectivity index (χ1n) is 31.0. The van der Waals surface area contributed by atoms with Crippen LogP contribution in [-0.4, -0.2) is 68.5 Å². The average molecular weight is 1090 g/mol. The molecule has 2 N–H and O–H groups in total. The van der Waals surface area contributed by atoms with Crippen molar-refractivity contribution in [2.75, 3.05) is 40.9 Å². The van der Waals surface area contributed by atoms with Crippen LogP contribution in [0, 0.1) is 0 Å². The molecular weight excluding hydrogens is 972 g/mol. The summed E-state index contributed by atoms with van der Waals surface area (Å²) in [6, 6.07) is -0.916. The van der Waals surface area contributed by atoms with Gasteiger partial charge >= 0.3 is 0 Å². The van der Waals surface area contributed by atoms with Crippen LogP contribution >= 0.6 is 7.82 Å². The Balaban J connectivity index is 4.02. The summed E-state index contributed by atoms with van der Waals surface area (Å²) in [6.07, 6.45) is 87.0. The van der Waals surface area contributed by atoms with Crippen molar-refractivity contribution in [2.45, 2.75) is 251 Å². The van der Waals surface area contributed by atoms with Crippen LogP contribution in [0.2, 0.25) is 0 Å². The molecule has 3 unspecified atom stereocenters. The van der Waals surface area contributed by atoms with E-state index in [4.69, 9.17) is 9.05 Å². The molecule has 9 heteroatoms. The normalized spacial score (nSPS) is 14.7. The lowest BCUT2D eigenvalue weighted by Crippen LogP contribution is -2.45. The number of phosphoric acid groups is 1. The number of allylic oxidation sites excluding steroid dienone is 21. The number of likely N-dealkylation sites (N-methyl/N-ethyl adjacent to an activating group) is 1. The molecule has 0 fully saturated rings. The SMILES string of the molecule is CC/C=C\C/C=C\C/C=C\C/C=C\C/C=C\C/C=C\C/C=C\C/C=C\CCCCCCCCCCCCCCCCCCC(=O)NC(COP(=O)([O-])OCC[N+](C)(C)C)C(O)/C=C/CC/C=C/CC/C=C/CCCCCC. The summed E-state index contributed by atoms with van der Waals surface area (Å²) in [5.74, 6) is -0.216. The molecule has 1 amide bonds. The summed E-state index contributed by atoms with van der Waals surface area (Å²) in [4.78, 5) is 25.5. The van der Waals surface area contributed by atoms with Crippen LogP contribution in [-0.2, 0) is 18.4 Å². The molecule has 0 aliphatic heterocycles. The van der Waals surface area contributed by atoms with Crippen molar-refractivity contribution < 1.29 is 32.9 Å². The van der Waals surface area contributed by atoms with E-state index in [1.54, 1.807) is 6.08 Å². The highest BCUT2D eigenvalue weighted by Gasteiger charge is 2.23. The molecular formula is C68H117N2O6P. The van der Waals surface area contributed by atoms with E-state index in [9.17, 15) is 19.4 Å². The number of rotatable bonds is 55. The van der Waals surface area contributed by atoms with Gasteiger partial charge in [0.2, 0.25) is 5.91 Å². The molecule has 3 atom stereocenters. The predicted molar refractivity (Wildman–Crippen MR) is 334 cm³/mol. The van der Waals surface area contributed by atoms with Crippen molar-refractivity contribution in [3.8, 4) is 0 Å². The van der Waals surface area contributed by atoms with E-state index in [0.29, 0.717) is 17.4 Å². The van der Waals surface area contributed by atoms with E-state index in [-0.39, 0.29) is 12.5 Å². The largest absolute Gasteiger partial charge is 0.756 e. The summed E-state index contributed by atoms with van der Waals surface area (Å²) in [5.41, 5.74) is 0. The Labute approximate surface area is 475 Å². The van der Waals surface area contributed by atoms with Crippen LogP contribution in [0.25, 0.3) is 0 Å². The number of hydrogen-bond donors (Lipinski definition) is 2. The number of nitrogens with zero attached hydrogens (tertiary/aromatic N) is 1. The number of nitrogens with one attached hydrogen (secondary N) is 1. The first-order chi connectivity index (χ1) is 37.5. The van der Waals surface area contributed by atoms with Gasteiger partial charge in [-0.3, -0.25) is 9.36 Å². The van der Waals surface area contributed by atoms with Gasteiger partial charge < -0.3 is 28.8 Å². The van der Waals surface area contributed by atoms with E-state index in [1.807, 2.05) is 27.2 Å². The third-order valence-corrected chi connectivity index (χ3v) is 14.0. The van der Waals surface area contributed by atoms with E-state index < -0.39 is 26.6 Å². The van der Waals surface area contributed by atoms with Crippen LogP contribution in [0.5, 0.6) is 0 Å². The van der Waals surface area contributed by atoms with Gasteiger partial charge in [0.1, 0.15) is 13.2 Å². The molecule has 0 spiro atoms. The molecule has 8 nitrogen and oxygen atoms in total. The molecule has 0 heterocycles. The highest BCUT2D eigenvalue weighted by atomic mass is 31.2. The average Bonchev–Trinajstić information content (AvgIpc) is 3.39. The minimum atomic E-state index is -4.61. The topological polar surface area (TPSA) is 108 Å². The highest BCUT2D eigenvalue weighted by molar-refractivity contribution is 7.45. The molecule has 0 aromatic heterocycles. The summed E-state index contributed by atoms with van der Waals surface area (Å²) >= 11 is 0. The van der Waals surface area contributed by atoms with Crippen molar-refractivity contribution in [1.29, 1.82) is 0 Å². The van der Waals surface area contributed by atoms with E-state index in [2.05, 4.69) is 141 Å². The van der Waals surface area contributed by atoms with Crippen LogP contribution in [0.1, 0.15) is 239 Å². The molecule has 440 valence electrons. The number of unbranched alkanes of at least 4 members (excludes halogenated alkanes) is 22. The maximum Gasteiger partial charge on any atom is 0.268 e. The van der Waals surface area contributed by atoms with Gasteiger partial charge in [0.15, 0.2) is 0 Å². The lowest BCUT2D eigenvalue weighted by Gasteiger charge is -2.29. The van der Waals surface area contributed by atoms with E-state index in [0.717, 1.165) is 103 Å². The molecule has 0 radical (unpaired) electrons. The minimum Gasteiger partial charge on any atom is -0.756 e. The number of amides is 1. The summed E-state index contributed by atoms with van der Waals surface area (Å²) < 4.78 is 23.3. The van der Waals surface area contributed by atoms with Crippen molar-refractivity contribution in [3.05, 3.63) is 134 Å². The van der Waals surface area contributed by atoms with Crippen LogP contribution in [0.4, 0.5) is 0 Å². The molecule has 0 saturated heterocycles. The molecule has 0 aromatic rings. The van der Waals surface area contributed by atoms with Gasteiger partial charge in [0.25, 0.3) is 7.82 Å². The quantitative estimate of drug-likeness (QED) is 0.0272. The van der Waals surface area contributed by atoms with Crippen LogP contribution < -0.4 is 10.2 Å². The molecule has 0 bridgehead atoms. The number of phosphoric ester groups is 1. The zero-order chi connectivity index (χ0) is 56.3. The number of aliphatic hydroxyl groups excluding tert-OH is 1. The van der Waals surface area contributed by atoms with Crippen LogP contribution in [0.3, 0.4) is 0 Å². The Bertz CT molecular complexity index is 1710. The van der Waals surface area contributed by atoms with E-state index >= 15 is 0 Å². The Kier molecular flexibility index (Phi) is 54.8. The number of carbonyl (C=O) groups excluding carboxylic acids is 1. The lowest BCUT2D eigenvalue weighted by molar-refractivity contribution is -0.870. The lowest BCUT2D eigenvalue weighted by atomic mass is 10.0. The summed E-state index contributed by atoms with van der Waals surface area (Å²) in [7, 11) is 1.22. The molecule has 0 rings (SSSR count). The monoisotopic (exact) mass is 1090 g/mol. The second-order valence-corrected chi connectivity index (χ2v) is 23.1. The number of hydrogen-bond acceptors (Lipinski definition) is 6. The van der Waals surface area contributed by atoms with E-state index in [1.165, 1.54) is 116 Å². The Hall–Kier alpha value is -3.36. The second kappa shape index (κ2) is 57.3. The first-order valence-corrected chi connectivity index (χ1v) is 32.5. The minimum absolute atomic E-state index is 0.0137. The molecule has 0 aromatic carbocycles. The third-order valence-electron chi connectivity index (χ3n) is 13.1. The van der Waals surface area contributed by atoms with Gasteiger partial charge in [-0.1, -0.05) is 257 Å². The van der Waals surface area contributed by atoms with Gasteiger partial charge in [-0.25, -0.2) is 0 Å². The van der Waals surface area contributed by atoms with Gasteiger partial charge in [0, 0.05) is 6.42 Å². The fraction of sp³-hybridized carbons (Fsp3) is 0.662. The predicted octanol–water partition coefficient (Wildman–Crippen LogP) is 18.9.